The Bertz CT molecular complexity index is 574. The summed E-state index contributed by atoms with van der Waals surface area (Å²) in [5, 5.41) is 3.38. The van der Waals surface area contributed by atoms with Crippen LogP contribution in [0.3, 0.4) is 0 Å². The minimum atomic E-state index is -2.95. The van der Waals surface area contributed by atoms with E-state index in [-0.39, 0.29) is 29.2 Å². The number of nitrogens with one attached hydrogen (secondary N) is 1. The molecule has 1 aliphatic heterocycles. The lowest BCUT2D eigenvalue weighted by atomic mass is 10.3. The fraction of sp³-hybridized carbons (Fsp3) is 0.417. The van der Waals surface area contributed by atoms with Gasteiger partial charge in [-0.15, -0.1) is 11.8 Å². The summed E-state index contributed by atoms with van der Waals surface area (Å²) >= 11 is 7.23. The molecule has 0 saturated carbocycles. The van der Waals surface area contributed by atoms with E-state index in [4.69, 9.17) is 11.6 Å². The van der Waals surface area contributed by atoms with Crippen molar-refractivity contribution in [1.29, 1.82) is 0 Å². The van der Waals surface area contributed by atoms with Gasteiger partial charge in [0.25, 0.3) is 0 Å². The van der Waals surface area contributed by atoms with Crippen LogP contribution in [0.5, 0.6) is 0 Å². The second-order valence-corrected chi connectivity index (χ2v) is 8.13. The molecule has 1 N–H and O–H groups in total. The molecule has 2 rings (SSSR count). The Kier molecular flexibility index (Phi) is 4.76. The number of hydrogen-bond donors (Lipinski definition) is 1. The zero-order valence-electron chi connectivity index (χ0n) is 10.1. The molecule has 1 heterocycles. The van der Waals surface area contributed by atoms with Gasteiger partial charge in [0.05, 0.1) is 17.3 Å². The maximum absolute atomic E-state index is 11.7. The molecule has 7 heteroatoms. The van der Waals surface area contributed by atoms with E-state index in [2.05, 4.69) is 5.32 Å². The summed E-state index contributed by atoms with van der Waals surface area (Å²) in [7, 11) is -2.95. The maximum Gasteiger partial charge on any atom is 0.230 e. The van der Waals surface area contributed by atoms with E-state index < -0.39 is 9.84 Å². The highest BCUT2D eigenvalue weighted by Gasteiger charge is 2.28. The lowest BCUT2D eigenvalue weighted by Crippen LogP contribution is -2.36. The minimum Gasteiger partial charge on any atom is -0.352 e. The SMILES string of the molecule is O=C(CSc1cccc(Cl)c1)NC1CCS(=O)(=O)C1. The van der Waals surface area contributed by atoms with Gasteiger partial charge >= 0.3 is 0 Å². The molecule has 1 aromatic rings. The number of carbonyl (C=O) groups excluding carboxylic acids is 1. The predicted molar refractivity (Wildman–Crippen MR) is 77.4 cm³/mol. The highest BCUT2D eigenvalue weighted by atomic mass is 35.5. The van der Waals surface area contributed by atoms with Gasteiger partial charge in [-0.1, -0.05) is 17.7 Å². The van der Waals surface area contributed by atoms with Gasteiger partial charge in [0.15, 0.2) is 9.84 Å². The number of carbonyl (C=O) groups is 1. The number of thioether (sulfide) groups is 1. The topological polar surface area (TPSA) is 63.2 Å². The summed E-state index contributed by atoms with van der Waals surface area (Å²) in [6.45, 7) is 0. The maximum atomic E-state index is 11.7. The van der Waals surface area contributed by atoms with Crippen molar-refractivity contribution in [3.63, 3.8) is 0 Å². The Morgan fingerprint density at radius 3 is 2.89 bits per heavy atom. The Morgan fingerprint density at radius 2 is 2.26 bits per heavy atom. The normalized spacial score (nSPS) is 21.2. The first-order chi connectivity index (χ1) is 8.94. The van der Waals surface area contributed by atoms with Crippen LogP contribution in [0.15, 0.2) is 29.2 Å². The van der Waals surface area contributed by atoms with Crippen LogP contribution in [-0.2, 0) is 14.6 Å². The zero-order valence-corrected chi connectivity index (χ0v) is 12.5. The highest BCUT2D eigenvalue weighted by Crippen LogP contribution is 2.21. The van der Waals surface area contributed by atoms with Gasteiger partial charge in [0.1, 0.15) is 0 Å². The van der Waals surface area contributed by atoms with Crippen LogP contribution in [0, 0.1) is 0 Å². The molecule has 4 nitrogen and oxygen atoms in total. The zero-order chi connectivity index (χ0) is 13.9. The molecule has 1 aromatic carbocycles. The van der Waals surface area contributed by atoms with Crippen LogP contribution in [0.1, 0.15) is 6.42 Å². The minimum absolute atomic E-state index is 0.0561. The van der Waals surface area contributed by atoms with Crippen molar-refractivity contribution >= 4 is 39.1 Å². The van der Waals surface area contributed by atoms with Crippen LogP contribution in [0.4, 0.5) is 0 Å². The smallest absolute Gasteiger partial charge is 0.230 e. The molecule has 0 radical (unpaired) electrons. The number of rotatable bonds is 4. The fourth-order valence-corrected chi connectivity index (χ4v) is 4.58. The van der Waals surface area contributed by atoms with E-state index in [0.29, 0.717) is 11.4 Å². The fourth-order valence-electron chi connectivity index (χ4n) is 1.88. The van der Waals surface area contributed by atoms with E-state index >= 15 is 0 Å². The summed E-state index contributed by atoms with van der Waals surface area (Å²) in [6.07, 6.45) is 0.510. The first-order valence-corrected chi connectivity index (χ1v) is 9.01. The highest BCUT2D eigenvalue weighted by molar-refractivity contribution is 8.00. The Morgan fingerprint density at radius 1 is 1.47 bits per heavy atom. The molecule has 1 fully saturated rings. The van der Waals surface area contributed by atoms with Gasteiger partial charge in [0, 0.05) is 16.0 Å². The first-order valence-electron chi connectivity index (χ1n) is 5.83. The average Bonchev–Trinajstić information content (AvgIpc) is 2.66. The summed E-state index contributed by atoms with van der Waals surface area (Å²) in [5.74, 6) is 0.337. The van der Waals surface area contributed by atoms with Gasteiger partial charge in [-0.2, -0.15) is 0 Å². The largest absolute Gasteiger partial charge is 0.352 e. The molecule has 1 unspecified atom stereocenters. The van der Waals surface area contributed by atoms with Crippen LogP contribution in [-0.4, -0.2) is 37.6 Å². The van der Waals surface area contributed by atoms with Crippen LogP contribution in [0.25, 0.3) is 0 Å². The molecule has 104 valence electrons. The second-order valence-electron chi connectivity index (χ2n) is 4.41. The van der Waals surface area contributed by atoms with Crippen molar-refractivity contribution in [2.45, 2.75) is 17.4 Å². The van der Waals surface area contributed by atoms with E-state index in [1.807, 2.05) is 12.1 Å². The molecule has 0 spiro atoms. The van der Waals surface area contributed by atoms with Crippen molar-refractivity contribution in [3.05, 3.63) is 29.3 Å². The van der Waals surface area contributed by atoms with Gasteiger partial charge < -0.3 is 5.32 Å². The lowest BCUT2D eigenvalue weighted by Gasteiger charge is -2.10. The van der Waals surface area contributed by atoms with Crippen molar-refractivity contribution in [3.8, 4) is 0 Å². The third-order valence-corrected chi connectivity index (χ3v) is 5.76. The van der Waals surface area contributed by atoms with Gasteiger partial charge in [-0.3, -0.25) is 4.79 Å². The van der Waals surface area contributed by atoms with Crippen LogP contribution >= 0.6 is 23.4 Å². The summed E-state index contributed by atoms with van der Waals surface area (Å²) in [5.41, 5.74) is 0. The third-order valence-electron chi connectivity index (χ3n) is 2.76. The van der Waals surface area contributed by atoms with Gasteiger partial charge in [0.2, 0.25) is 5.91 Å². The number of benzene rings is 1. The number of hydrogen-bond acceptors (Lipinski definition) is 4. The lowest BCUT2D eigenvalue weighted by molar-refractivity contribution is -0.119. The van der Waals surface area contributed by atoms with Crippen molar-refractivity contribution in [2.75, 3.05) is 17.3 Å². The van der Waals surface area contributed by atoms with Crippen LogP contribution in [0.2, 0.25) is 5.02 Å². The number of halogens is 1. The van der Waals surface area contributed by atoms with Gasteiger partial charge in [-0.05, 0) is 24.6 Å². The monoisotopic (exact) mass is 319 g/mol. The number of amides is 1. The van der Waals surface area contributed by atoms with E-state index in [0.717, 1.165) is 4.90 Å². The van der Waals surface area contributed by atoms with Crippen molar-refractivity contribution in [2.24, 2.45) is 0 Å². The predicted octanol–water partition coefficient (Wildman–Crippen LogP) is 1.74. The quantitative estimate of drug-likeness (QED) is 0.859. The molecule has 1 saturated heterocycles. The Hall–Kier alpha value is -0.720. The van der Waals surface area contributed by atoms with Crippen molar-refractivity contribution < 1.29 is 13.2 Å². The molecule has 19 heavy (non-hydrogen) atoms. The van der Waals surface area contributed by atoms with E-state index in [9.17, 15) is 13.2 Å². The Balaban J connectivity index is 1.79. The molecular weight excluding hydrogens is 306 g/mol. The third kappa shape index (κ3) is 4.71. The first kappa shape index (κ1) is 14.7. The average molecular weight is 320 g/mol. The standard InChI is InChI=1S/C12H14ClNO3S2/c13-9-2-1-3-11(6-9)18-7-12(15)14-10-4-5-19(16,17)8-10/h1-3,6,10H,4-5,7-8H2,(H,14,15). The molecule has 0 aromatic heterocycles. The number of sulfone groups is 1. The Labute approximate surface area is 121 Å². The molecule has 0 bridgehead atoms. The summed E-state index contributed by atoms with van der Waals surface area (Å²) in [4.78, 5) is 12.6. The van der Waals surface area contributed by atoms with Gasteiger partial charge in [-0.25, -0.2) is 8.42 Å². The molecule has 1 amide bonds. The van der Waals surface area contributed by atoms with E-state index in [1.54, 1.807) is 12.1 Å². The second kappa shape index (κ2) is 6.15. The summed E-state index contributed by atoms with van der Waals surface area (Å²) < 4.78 is 22.5. The van der Waals surface area contributed by atoms with E-state index in [1.165, 1.54) is 11.8 Å². The van der Waals surface area contributed by atoms with Crippen LogP contribution < -0.4 is 5.32 Å². The molecular formula is C12H14ClNO3S2. The molecule has 1 atom stereocenters. The van der Waals surface area contributed by atoms with Crippen molar-refractivity contribution in [1.82, 2.24) is 5.32 Å². The molecule has 0 aliphatic carbocycles. The summed E-state index contributed by atoms with van der Waals surface area (Å²) in [6, 6.07) is 7.03. The molecule has 1 aliphatic rings.